The van der Waals surface area contributed by atoms with Crippen LogP contribution in [0.4, 0.5) is 0 Å². The van der Waals surface area contributed by atoms with Gasteiger partial charge in [-0.15, -0.1) is 11.3 Å². The summed E-state index contributed by atoms with van der Waals surface area (Å²) in [4.78, 5) is 23.8. The average molecular weight is 348 g/mol. The zero-order chi connectivity index (χ0) is 16.9. The Morgan fingerprint density at radius 1 is 1.29 bits per heavy atom. The molecule has 0 N–H and O–H groups in total. The van der Waals surface area contributed by atoms with Gasteiger partial charge in [-0.2, -0.15) is 0 Å². The van der Waals surface area contributed by atoms with Gasteiger partial charge in [0.2, 0.25) is 11.8 Å². The second-order valence-electron chi connectivity index (χ2n) is 6.32. The molecule has 3 heterocycles. The minimum absolute atomic E-state index is 0.167. The number of hydrogen-bond donors (Lipinski definition) is 0. The van der Waals surface area contributed by atoms with E-state index in [0.717, 1.165) is 49.7 Å². The molecular weight excluding hydrogens is 324 g/mol. The summed E-state index contributed by atoms with van der Waals surface area (Å²) in [6.45, 7) is 5.15. The molecule has 130 valence electrons. The SMILES string of the molecule is CN(C)C(=O)CN1CCCN(Cc2coc(-c3cccs3)n2)CC1. The van der Waals surface area contributed by atoms with Gasteiger partial charge in [0.05, 0.1) is 17.1 Å². The van der Waals surface area contributed by atoms with Crippen LogP contribution in [0.15, 0.2) is 28.2 Å². The zero-order valence-electron chi connectivity index (χ0n) is 14.3. The van der Waals surface area contributed by atoms with Crippen LogP contribution >= 0.6 is 11.3 Å². The van der Waals surface area contributed by atoms with Gasteiger partial charge in [-0.05, 0) is 31.0 Å². The maximum Gasteiger partial charge on any atom is 0.236 e. The quantitative estimate of drug-likeness (QED) is 0.827. The summed E-state index contributed by atoms with van der Waals surface area (Å²) in [5, 5.41) is 2.03. The summed E-state index contributed by atoms with van der Waals surface area (Å²) in [5.74, 6) is 0.869. The van der Waals surface area contributed by atoms with Crippen LogP contribution in [0.25, 0.3) is 10.8 Å². The number of aromatic nitrogens is 1. The molecule has 3 rings (SSSR count). The lowest BCUT2D eigenvalue weighted by molar-refractivity contribution is -0.129. The molecule has 0 bridgehead atoms. The summed E-state index contributed by atoms with van der Waals surface area (Å²) in [6, 6.07) is 4.02. The maximum absolute atomic E-state index is 11.9. The van der Waals surface area contributed by atoms with Crippen LogP contribution in [0.1, 0.15) is 12.1 Å². The maximum atomic E-state index is 11.9. The number of rotatable bonds is 5. The van der Waals surface area contributed by atoms with Gasteiger partial charge in [0.25, 0.3) is 0 Å². The minimum Gasteiger partial charge on any atom is -0.444 e. The highest BCUT2D eigenvalue weighted by molar-refractivity contribution is 7.13. The summed E-state index contributed by atoms with van der Waals surface area (Å²) >= 11 is 1.63. The number of hydrogen-bond acceptors (Lipinski definition) is 6. The highest BCUT2D eigenvalue weighted by atomic mass is 32.1. The molecule has 1 aliphatic rings. The van der Waals surface area contributed by atoms with E-state index in [-0.39, 0.29) is 5.91 Å². The predicted molar refractivity (Wildman–Crippen MR) is 94.8 cm³/mol. The molecule has 1 fully saturated rings. The van der Waals surface area contributed by atoms with Gasteiger partial charge in [-0.1, -0.05) is 6.07 Å². The third kappa shape index (κ3) is 4.43. The predicted octanol–water partition coefficient (Wildman–Crippen LogP) is 2.00. The Kier molecular flexibility index (Phi) is 5.65. The van der Waals surface area contributed by atoms with Crippen molar-refractivity contribution in [3.05, 3.63) is 29.5 Å². The van der Waals surface area contributed by atoms with E-state index in [1.54, 1.807) is 22.5 Å². The van der Waals surface area contributed by atoms with Crippen molar-refractivity contribution in [3.8, 4) is 10.8 Å². The first-order valence-electron chi connectivity index (χ1n) is 8.25. The lowest BCUT2D eigenvalue weighted by atomic mass is 10.3. The van der Waals surface area contributed by atoms with Crippen molar-refractivity contribution in [2.24, 2.45) is 0 Å². The van der Waals surface area contributed by atoms with Gasteiger partial charge in [-0.3, -0.25) is 14.6 Å². The number of thiophene rings is 1. The van der Waals surface area contributed by atoms with E-state index in [4.69, 9.17) is 4.42 Å². The molecule has 0 radical (unpaired) electrons. The first kappa shape index (κ1) is 17.1. The summed E-state index contributed by atoms with van der Waals surface area (Å²) in [5.41, 5.74) is 0.969. The molecule has 1 saturated heterocycles. The molecule has 0 unspecified atom stereocenters. The van der Waals surface area contributed by atoms with E-state index >= 15 is 0 Å². The molecule has 0 saturated carbocycles. The van der Waals surface area contributed by atoms with Crippen LogP contribution in [0.3, 0.4) is 0 Å². The lowest BCUT2D eigenvalue weighted by Crippen LogP contribution is -2.38. The van der Waals surface area contributed by atoms with E-state index in [1.165, 1.54) is 0 Å². The molecule has 6 nitrogen and oxygen atoms in total. The van der Waals surface area contributed by atoms with Crippen molar-refractivity contribution in [1.82, 2.24) is 19.7 Å². The largest absolute Gasteiger partial charge is 0.444 e. The number of carbonyl (C=O) groups excluding carboxylic acids is 1. The number of carbonyl (C=O) groups is 1. The second-order valence-corrected chi connectivity index (χ2v) is 7.26. The van der Waals surface area contributed by atoms with Crippen LogP contribution in [0.5, 0.6) is 0 Å². The Hall–Kier alpha value is -1.70. The Balaban J connectivity index is 1.52. The molecule has 0 aromatic carbocycles. The van der Waals surface area contributed by atoms with Crippen LogP contribution < -0.4 is 0 Å². The normalized spacial score (nSPS) is 16.9. The number of oxazole rings is 1. The lowest BCUT2D eigenvalue weighted by Gasteiger charge is -2.22. The molecule has 2 aromatic heterocycles. The number of nitrogens with zero attached hydrogens (tertiary/aromatic N) is 4. The molecule has 1 aliphatic heterocycles. The molecule has 2 aromatic rings. The Labute approximate surface area is 146 Å². The van der Waals surface area contributed by atoms with Crippen LogP contribution in [-0.4, -0.2) is 72.4 Å². The molecule has 7 heteroatoms. The first-order valence-corrected chi connectivity index (χ1v) is 9.13. The second kappa shape index (κ2) is 7.92. The van der Waals surface area contributed by atoms with Gasteiger partial charge in [0.15, 0.2) is 0 Å². The van der Waals surface area contributed by atoms with E-state index in [2.05, 4.69) is 14.8 Å². The van der Waals surface area contributed by atoms with Crippen molar-refractivity contribution in [2.75, 3.05) is 46.8 Å². The Morgan fingerprint density at radius 2 is 2.08 bits per heavy atom. The van der Waals surface area contributed by atoms with Gasteiger partial charge >= 0.3 is 0 Å². The van der Waals surface area contributed by atoms with Crippen LogP contribution in [0, 0.1) is 0 Å². The first-order chi connectivity index (χ1) is 11.6. The van der Waals surface area contributed by atoms with Crippen LogP contribution in [-0.2, 0) is 11.3 Å². The van der Waals surface area contributed by atoms with Crippen molar-refractivity contribution >= 4 is 17.2 Å². The third-order valence-corrected chi connectivity index (χ3v) is 5.07. The van der Waals surface area contributed by atoms with E-state index in [1.807, 2.05) is 31.6 Å². The number of amides is 1. The van der Waals surface area contributed by atoms with Gasteiger partial charge in [0, 0.05) is 33.7 Å². The molecule has 24 heavy (non-hydrogen) atoms. The Bertz CT molecular complexity index is 653. The molecule has 0 atom stereocenters. The summed E-state index contributed by atoms with van der Waals surface area (Å²) in [7, 11) is 3.62. The van der Waals surface area contributed by atoms with Crippen molar-refractivity contribution in [2.45, 2.75) is 13.0 Å². The Morgan fingerprint density at radius 3 is 2.83 bits per heavy atom. The third-order valence-electron chi connectivity index (χ3n) is 4.21. The summed E-state index contributed by atoms with van der Waals surface area (Å²) < 4.78 is 5.59. The minimum atomic E-state index is 0.167. The van der Waals surface area contributed by atoms with Gasteiger partial charge < -0.3 is 9.32 Å². The fourth-order valence-electron chi connectivity index (χ4n) is 2.80. The van der Waals surface area contributed by atoms with Crippen LogP contribution in [0.2, 0.25) is 0 Å². The highest BCUT2D eigenvalue weighted by Gasteiger charge is 2.19. The monoisotopic (exact) mass is 348 g/mol. The molecule has 0 aliphatic carbocycles. The van der Waals surface area contributed by atoms with Crippen molar-refractivity contribution < 1.29 is 9.21 Å². The summed E-state index contributed by atoms with van der Waals surface area (Å²) in [6.07, 6.45) is 2.82. The van der Waals surface area contributed by atoms with Gasteiger partial charge in [0.1, 0.15) is 6.26 Å². The fraction of sp³-hybridized carbons (Fsp3) is 0.529. The van der Waals surface area contributed by atoms with E-state index < -0.39 is 0 Å². The van der Waals surface area contributed by atoms with Crippen molar-refractivity contribution in [3.63, 3.8) is 0 Å². The number of likely N-dealkylation sites (N-methyl/N-ethyl adjacent to an activating group) is 1. The van der Waals surface area contributed by atoms with Crippen molar-refractivity contribution in [1.29, 1.82) is 0 Å². The van der Waals surface area contributed by atoms with Gasteiger partial charge in [-0.25, -0.2) is 4.98 Å². The highest BCUT2D eigenvalue weighted by Crippen LogP contribution is 2.24. The molecule has 1 amide bonds. The standard InChI is InChI=1S/C17H24N4O2S/c1-19(2)16(22)12-21-7-4-6-20(8-9-21)11-14-13-23-17(18-14)15-5-3-10-24-15/h3,5,10,13H,4,6-9,11-12H2,1-2H3. The van der Waals surface area contributed by atoms with E-state index in [9.17, 15) is 4.79 Å². The van der Waals surface area contributed by atoms with E-state index in [0.29, 0.717) is 12.4 Å². The topological polar surface area (TPSA) is 52.8 Å². The average Bonchev–Trinajstić information content (AvgIpc) is 3.18. The molecule has 0 spiro atoms. The molecular formula is C17H24N4O2S. The fourth-order valence-corrected chi connectivity index (χ4v) is 3.45. The smallest absolute Gasteiger partial charge is 0.236 e. The zero-order valence-corrected chi connectivity index (χ0v) is 15.1.